The van der Waals surface area contributed by atoms with E-state index in [1.165, 1.54) is 19.3 Å². The fourth-order valence-electron chi connectivity index (χ4n) is 2.25. The van der Waals surface area contributed by atoms with E-state index in [0.29, 0.717) is 6.04 Å². The van der Waals surface area contributed by atoms with Gasteiger partial charge in [0.05, 0.1) is 6.04 Å². The van der Waals surface area contributed by atoms with Gasteiger partial charge in [0.1, 0.15) is 0 Å². The number of likely N-dealkylation sites (tertiary alicyclic amines) is 1. The van der Waals surface area contributed by atoms with E-state index in [2.05, 4.69) is 17.2 Å². The molecule has 2 atom stereocenters. The third-order valence-electron chi connectivity index (χ3n) is 3.09. The van der Waals surface area contributed by atoms with E-state index in [0.717, 1.165) is 13.0 Å². The fourth-order valence-corrected chi connectivity index (χ4v) is 2.25. The molecule has 0 unspecified atom stereocenters. The number of piperidine rings is 1. The minimum absolute atomic E-state index is 0.0460. The van der Waals surface area contributed by atoms with Gasteiger partial charge in [-0.1, -0.05) is 13.3 Å². The van der Waals surface area contributed by atoms with Gasteiger partial charge in [-0.15, -0.1) is 0 Å². The van der Waals surface area contributed by atoms with Crippen LogP contribution in [0, 0.1) is 0 Å². The third kappa shape index (κ3) is 2.45. The van der Waals surface area contributed by atoms with Crippen molar-refractivity contribution in [1.29, 1.82) is 0 Å². The molecule has 14 heavy (non-hydrogen) atoms. The van der Waals surface area contributed by atoms with E-state index in [4.69, 9.17) is 5.84 Å². The third-order valence-corrected chi connectivity index (χ3v) is 3.09. The lowest BCUT2D eigenvalue weighted by molar-refractivity contribution is -0.128. The number of nitrogens with one attached hydrogen (secondary N) is 1. The summed E-state index contributed by atoms with van der Waals surface area (Å²) in [7, 11) is 0. The molecule has 4 nitrogen and oxygen atoms in total. The molecule has 1 saturated heterocycles. The lowest BCUT2D eigenvalue weighted by Crippen LogP contribution is -2.53. The highest BCUT2D eigenvalue weighted by molar-refractivity contribution is 5.81. The summed E-state index contributed by atoms with van der Waals surface area (Å²) in [5, 5.41) is 0. The molecule has 0 aromatic rings. The summed E-state index contributed by atoms with van der Waals surface area (Å²) < 4.78 is 0. The number of nitrogens with two attached hydrogens (primary N) is 1. The lowest BCUT2D eigenvalue weighted by atomic mass is 10.00. The molecule has 1 fully saturated rings. The van der Waals surface area contributed by atoms with Crippen molar-refractivity contribution in [2.24, 2.45) is 5.84 Å². The van der Waals surface area contributed by atoms with E-state index < -0.39 is 0 Å². The molecule has 0 aromatic heterocycles. The molecule has 4 heteroatoms. The van der Waals surface area contributed by atoms with Crippen LogP contribution in [0.4, 0.5) is 0 Å². The molecule has 0 radical (unpaired) electrons. The van der Waals surface area contributed by atoms with Gasteiger partial charge in [-0.05, 0) is 32.7 Å². The second-order valence-corrected chi connectivity index (χ2v) is 4.02. The zero-order valence-electron chi connectivity index (χ0n) is 9.12. The topological polar surface area (TPSA) is 58.4 Å². The minimum Gasteiger partial charge on any atom is -0.293 e. The summed E-state index contributed by atoms with van der Waals surface area (Å²) in [6.45, 7) is 5.24. The van der Waals surface area contributed by atoms with Gasteiger partial charge in [-0.2, -0.15) is 0 Å². The van der Waals surface area contributed by atoms with Crippen molar-refractivity contribution < 1.29 is 4.79 Å². The summed E-state index contributed by atoms with van der Waals surface area (Å²) in [6.07, 6.45) is 4.48. The SMILES string of the molecule is CC[C@@H](C(=O)NN)N1CCCC[C@@H]1C. The molecule has 0 bridgehead atoms. The number of hydrogen-bond acceptors (Lipinski definition) is 3. The molecule has 1 amide bonds. The van der Waals surface area contributed by atoms with Crippen LogP contribution in [0.5, 0.6) is 0 Å². The van der Waals surface area contributed by atoms with E-state index in [1.807, 2.05) is 6.92 Å². The molecule has 1 rings (SSSR count). The molecular weight excluding hydrogens is 178 g/mol. The van der Waals surface area contributed by atoms with E-state index >= 15 is 0 Å². The van der Waals surface area contributed by atoms with Crippen LogP contribution in [-0.2, 0) is 4.79 Å². The van der Waals surface area contributed by atoms with Crippen molar-refractivity contribution in [2.75, 3.05) is 6.54 Å². The molecule has 3 N–H and O–H groups in total. The van der Waals surface area contributed by atoms with Crippen molar-refractivity contribution in [3.8, 4) is 0 Å². The first-order valence-electron chi connectivity index (χ1n) is 5.47. The molecule has 1 heterocycles. The molecule has 0 aromatic carbocycles. The Labute approximate surface area is 85.8 Å². The highest BCUT2D eigenvalue weighted by atomic mass is 16.2. The van der Waals surface area contributed by atoms with Crippen LogP contribution < -0.4 is 11.3 Å². The van der Waals surface area contributed by atoms with Crippen LogP contribution in [0.1, 0.15) is 39.5 Å². The van der Waals surface area contributed by atoms with Crippen molar-refractivity contribution in [2.45, 2.75) is 51.6 Å². The molecule has 0 spiro atoms. The molecular formula is C10H21N3O. The van der Waals surface area contributed by atoms with Crippen LogP contribution in [-0.4, -0.2) is 29.4 Å². The number of carbonyl (C=O) groups excluding carboxylic acids is 1. The van der Waals surface area contributed by atoms with Gasteiger partial charge in [0.25, 0.3) is 5.91 Å². The zero-order chi connectivity index (χ0) is 10.6. The predicted molar refractivity (Wildman–Crippen MR) is 56.4 cm³/mol. The van der Waals surface area contributed by atoms with Crippen LogP contribution in [0.25, 0.3) is 0 Å². The van der Waals surface area contributed by atoms with Crippen molar-refractivity contribution in [3.05, 3.63) is 0 Å². The monoisotopic (exact) mass is 199 g/mol. The standard InChI is InChI=1S/C10H21N3O/c1-3-9(10(14)12-11)13-7-5-4-6-8(13)2/h8-9H,3-7,11H2,1-2H3,(H,12,14)/t8-,9-/m0/s1. The Bertz CT molecular complexity index is 196. The first-order chi connectivity index (χ1) is 6.70. The maximum atomic E-state index is 11.5. The number of rotatable bonds is 3. The average molecular weight is 199 g/mol. The Kier molecular flexibility index (Phi) is 4.35. The maximum absolute atomic E-state index is 11.5. The van der Waals surface area contributed by atoms with Gasteiger partial charge >= 0.3 is 0 Å². The highest BCUT2D eigenvalue weighted by Gasteiger charge is 2.29. The molecule has 82 valence electrons. The normalized spacial score (nSPS) is 25.8. The average Bonchev–Trinajstić information content (AvgIpc) is 2.21. The quantitative estimate of drug-likeness (QED) is 0.398. The van der Waals surface area contributed by atoms with E-state index in [1.54, 1.807) is 0 Å². The van der Waals surface area contributed by atoms with E-state index in [9.17, 15) is 4.79 Å². The Balaban J connectivity index is 2.61. The molecule has 1 aliphatic heterocycles. The summed E-state index contributed by atoms with van der Waals surface area (Å²) in [4.78, 5) is 13.8. The second-order valence-electron chi connectivity index (χ2n) is 4.02. The highest BCUT2D eigenvalue weighted by Crippen LogP contribution is 2.20. The van der Waals surface area contributed by atoms with Gasteiger partial charge in [-0.3, -0.25) is 15.1 Å². The Morgan fingerprint density at radius 2 is 2.36 bits per heavy atom. The molecule has 1 aliphatic rings. The smallest absolute Gasteiger partial charge is 0.251 e. The first kappa shape index (κ1) is 11.5. The van der Waals surface area contributed by atoms with Crippen molar-refractivity contribution in [1.82, 2.24) is 10.3 Å². The summed E-state index contributed by atoms with van der Waals surface area (Å²) in [6, 6.07) is 0.460. The van der Waals surface area contributed by atoms with Crippen LogP contribution >= 0.6 is 0 Å². The number of hydrogen-bond donors (Lipinski definition) is 2. The number of nitrogens with zero attached hydrogens (tertiary/aromatic N) is 1. The summed E-state index contributed by atoms with van der Waals surface area (Å²) in [5.41, 5.74) is 2.25. The van der Waals surface area contributed by atoms with Gasteiger partial charge in [-0.25, -0.2) is 5.84 Å². The van der Waals surface area contributed by atoms with Crippen LogP contribution in [0.3, 0.4) is 0 Å². The fraction of sp³-hybridized carbons (Fsp3) is 0.900. The maximum Gasteiger partial charge on any atom is 0.251 e. The predicted octanol–water partition coefficient (Wildman–Crippen LogP) is 0.629. The first-order valence-corrected chi connectivity index (χ1v) is 5.47. The zero-order valence-corrected chi connectivity index (χ0v) is 9.12. The summed E-state index contributed by atoms with van der Waals surface area (Å²) >= 11 is 0. The molecule has 0 saturated carbocycles. The lowest BCUT2D eigenvalue weighted by Gasteiger charge is -2.38. The summed E-state index contributed by atoms with van der Waals surface area (Å²) in [5.74, 6) is 5.12. The second kappa shape index (κ2) is 5.32. The van der Waals surface area contributed by atoms with Crippen LogP contribution in [0.2, 0.25) is 0 Å². The van der Waals surface area contributed by atoms with E-state index in [-0.39, 0.29) is 11.9 Å². The van der Waals surface area contributed by atoms with Gasteiger partial charge in [0.2, 0.25) is 0 Å². The van der Waals surface area contributed by atoms with Crippen molar-refractivity contribution >= 4 is 5.91 Å². The van der Waals surface area contributed by atoms with Gasteiger partial charge in [0.15, 0.2) is 0 Å². The molecule has 0 aliphatic carbocycles. The van der Waals surface area contributed by atoms with Gasteiger partial charge in [0, 0.05) is 6.04 Å². The largest absolute Gasteiger partial charge is 0.293 e. The van der Waals surface area contributed by atoms with Crippen molar-refractivity contribution in [3.63, 3.8) is 0 Å². The minimum atomic E-state index is -0.0544. The van der Waals surface area contributed by atoms with Crippen LogP contribution in [0.15, 0.2) is 0 Å². The number of amides is 1. The Hall–Kier alpha value is -0.610. The number of hydrazine groups is 1. The Morgan fingerprint density at radius 1 is 1.64 bits per heavy atom. The Morgan fingerprint density at radius 3 is 2.86 bits per heavy atom. The van der Waals surface area contributed by atoms with Gasteiger partial charge < -0.3 is 0 Å². The number of carbonyl (C=O) groups is 1.